The van der Waals surface area contributed by atoms with Crippen LogP contribution in [0.25, 0.3) is 0 Å². The Hall–Kier alpha value is -1.87. The first-order valence-corrected chi connectivity index (χ1v) is 6.32. The SMILES string of the molecule is COc1cccc(C(CN)Cc2ccccc2F)c1. The van der Waals surface area contributed by atoms with Gasteiger partial charge in [-0.3, -0.25) is 0 Å². The fourth-order valence-electron chi connectivity index (χ4n) is 2.16. The molecule has 2 nitrogen and oxygen atoms in total. The van der Waals surface area contributed by atoms with Gasteiger partial charge in [-0.05, 0) is 42.3 Å². The van der Waals surface area contributed by atoms with Crippen LogP contribution in [-0.4, -0.2) is 13.7 Å². The topological polar surface area (TPSA) is 35.2 Å². The van der Waals surface area contributed by atoms with E-state index >= 15 is 0 Å². The maximum Gasteiger partial charge on any atom is 0.126 e. The molecule has 0 bridgehead atoms. The number of nitrogens with two attached hydrogens (primary N) is 1. The smallest absolute Gasteiger partial charge is 0.126 e. The van der Waals surface area contributed by atoms with Crippen molar-refractivity contribution in [1.29, 1.82) is 0 Å². The molecule has 0 aromatic heterocycles. The highest BCUT2D eigenvalue weighted by molar-refractivity contribution is 5.32. The van der Waals surface area contributed by atoms with Crippen LogP contribution in [0.3, 0.4) is 0 Å². The molecule has 0 heterocycles. The third kappa shape index (κ3) is 3.32. The summed E-state index contributed by atoms with van der Waals surface area (Å²) in [5.41, 5.74) is 7.60. The lowest BCUT2D eigenvalue weighted by Crippen LogP contribution is -2.15. The molecule has 2 rings (SSSR count). The summed E-state index contributed by atoms with van der Waals surface area (Å²) in [5.74, 6) is 0.709. The zero-order valence-corrected chi connectivity index (χ0v) is 11.0. The second-order valence-electron chi connectivity index (χ2n) is 4.50. The molecule has 19 heavy (non-hydrogen) atoms. The zero-order valence-electron chi connectivity index (χ0n) is 11.0. The van der Waals surface area contributed by atoms with Crippen molar-refractivity contribution in [3.05, 3.63) is 65.5 Å². The quantitative estimate of drug-likeness (QED) is 0.895. The molecule has 100 valence electrons. The predicted octanol–water partition coefficient (Wildman–Crippen LogP) is 3.12. The number of halogens is 1. The van der Waals surface area contributed by atoms with Crippen LogP contribution in [0.5, 0.6) is 5.75 Å². The Morgan fingerprint density at radius 2 is 1.95 bits per heavy atom. The van der Waals surface area contributed by atoms with Crippen LogP contribution in [-0.2, 0) is 6.42 Å². The van der Waals surface area contributed by atoms with Gasteiger partial charge in [0.05, 0.1) is 7.11 Å². The van der Waals surface area contributed by atoms with E-state index in [-0.39, 0.29) is 11.7 Å². The highest BCUT2D eigenvalue weighted by atomic mass is 19.1. The van der Waals surface area contributed by atoms with Crippen LogP contribution in [0, 0.1) is 5.82 Å². The fourth-order valence-corrected chi connectivity index (χ4v) is 2.16. The van der Waals surface area contributed by atoms with E-state index in [9.17, 15) is 4.39 Å². The minimum absolute atomic E-state index is 0.0898. The van der Waals surface area contributed by atoms with Crippen molar-refractivity contribution in [2.24, 2.45) is 5.73 Å². The Morgan fingerprint density at radius 1 is 1.16 bits per heavy atom. The lowest BCUT2D eigenvalue weighted by atomic mass is 9.92. The standard InChI is InChI=1S/C16H18FNO/c1-19-15-7-4-6-12(10-15)14(11-18)9-13-5-2-3-8-16(13)17/h2-8,10,14H,9,11,18H2,1H3. The maximum atomic E-state index is 13.7. The van der Waals surface area contributed by atoms with Crippen molar-refractivity contribution in [2.75, 3.05) is 13.7 Å². The molecular weight excluding hydrogens is 241 g/mol. The Labute approximate surface area is 113 Å². The first kappa shape index (κ1) is 13.6. The second kappa shape index (κ2) is 6.34. The Bertz CT molecular complexity index is 542. The summed E-state index contributed by atoms with van der Waals surface area (Å²) in [6.45, 7) is 0.474. The van der Waals surface area contributed by atoms with E-state index in [1.165, 1.54) is 6.07 Å². The first-order chi connectivity index (χ1) is 9.24. The van der Waals surface area contributed by atoms with Gasteiger partial charge in [-0.2, -0.15) is 0 Å². The summed E-state index contributed by atoms with van der Waals surface area (Å²) in [6, 6.07) is 14.6. The summed E-state index contributed by atoms with van der Waals surface area (Å²) >= 11 is 0. The van der Waals surface area contributed by atoms with E-state index in [2.05, 4.69) is 0 Å². The molecule has 0 saturated heterocycles. The van der Waals surface area contributed by atoms with Gasteiger partial charge >= 0.3 is 0 Å². The highest BCUT2D eigenvalue weighted by Gasteiger charge is 2.13. The van der Waals surface area contributed by atoms with Gasteiger partial charge in [-0.15, -0.1) is 0 Å². The molecule has 1 unspecified atom stereocenters. The molecular formula is C16H18FNO. The van der Waals surface area contributed by atoms with Crippen molar-refractivity contribution in [3.63, 3.8) is 0 Å². The van der Waals surface area contributed by atoms with Gasteiger partial charge in [-0.25, -0.2) is 4.39 Å². The summed E-state index contributed by atoms with van der Waals surface area (Å²) < 4.78 is 18.9. The number of hydrogen-bond donors (Lipinski definition) is 1. The number of methoxy groups -OCH3 is 1. The summed E-state index contributed by atoms with van der Waals surface area (Å²) in [4.78, 5) is 0. The Balaban J connectivity index is 2.22. The highest BCUT2D eigenvalue weighted by Crippen LogP contribution is 2.24. The van der Waals surface area contributed by atoms with Crippen molar-refractivity contribution < 1.29 is 9.13 Å². The van der Waals surface area contributed by atoms with Crippen molar-refractivity contribution in [3.8, 4) is 5.75 Å². The van der Waals surface area contributed by atoms with Crippen LogP contribution < -0.4 is 10.5 Å². The van der Waals surface area contributed by atoms with E-state index < -0.39 is 0 Å². The van der Waals surface area contributed by atoms with Gasteiger partial charge in [0.25, 0.3) is 0 Å². The normalized spacial score (nSPS) is 12.2. The number of ether oxygens (including phenoxy) is 1. The van der Waals surface area contributed by atoms with Gasteiger partial charge in [0.2, 0.25) is 0 Å². The lowest BCUT2D eigenvalue weighted by molar-refractivity contribution is 0.413. The molecule has 2 aromatic carbocycles. The van der Waals surface area contributed by atoms with Gasteiger partial charge in [0.15, 0.2) is 0 Å². The number of rotatable bonds is 5. The third-order valence-corrected chi connectivity index (χ3v) is 3.27. The second-order valence-corrected chi connectivity index (χ2v) is 4.50. The van der Waals surface area contributed by atoms with E-state index in [1.54, 1.807) is 19.2 Å². The van der Waals surface area contributed by atoms with Crippen LogP contribution in [0.4, 0.5) is 4.39 Å². The molecule has 0 amide bonds. The maximum absolute atomic E-state index is 13.7. The Kier molecular flexibility index (Phi) is 4.53. The van der Waals surface area contributed by atoms with Gasteiger partial charge in [-0.1, -0.05) is 30.3 Å². The summed E-state index contributed by atoms with van der Waals surface area (Å²) in [6.07, 6.45) is 0.594. The minimum atomic E-state index is -0.177. The molecule has 2 N–H and O–H groups in total. The monoisotopic (exact) mass is 259 g/mol. The van der Waals surface area contributed by atoms with E-state index in [0.717, 1.165) is 11.3 Å². The van der Waals surface area contributed by atoms with Crippen molar-refractivity contribution in [2.45, 2.75) is 12.3 Å². The molecule has 0 saturated carbocycles. The first-order valence-electron chi connectivity index (χ1n) is 6.32. The fraction of sp³-hybridized carbons (Fsp3) is 0.250. The summed E-state index contributed by atoms with van der Waals surface area (Å²) in [7, 11) is 1.63. The van der Waals surface area contributed by atoms with E-state index in [0.29, 0.717) is 18.5 Å². The average molecular weight is 259 g/mol. The zero-order chi connectivity index (χ0) is 13.7. The van der Waals surface area contributed by atoms with Crippen LogP contribution >= 0.6 is 0 Å². The van der Waals surface area contributed by atoms with Gasteiger partial charge in [0.1, 0.15) is 11.6 Å². The molecule has 0 aliphatic rings. The van der Waals surface area contributed by atoms with E-state index in [4.69, 9.17) is 10.5 Å². The molecule has 2 aromatic rings. The molecule has 1 atom stereocenters. The number of hydrogen-bond acceptors (Lipinski definition) is 2. The van der Waals surface area contributed by atoms with Crippen LogP contribution in [0.1, 0.15) is 17.0 Å². The number of benzene rings is 2. The molecule has 0 fully saturated rings. The van der Waals surface area contributed by atoms with Gasteiger partial charge < -0.3 is 10.5 Å². The van der Waals surface area contributed by atoms with Crippen LogP contribution in [0.15, 0.2) is 48.5 Å². The summed E-state index contributed by atoms with van der Waals surface area (Å²) in [5, 5.41) is 0. The molecule has 0 radical (unpaired) electrons. The molecule has 0 aliphatic carbocycles. The van der Waals surface area contributed by atoms with E-state index in [1.807, 2.05) is 30.3 Å². The largest absolute Gasteiger partial charge is 0.497 e. The Morgan fingerprint density at radius 3 is 2.63 bits per heavy atom. The molecule has 0 aliphatic heterocycles. The van der Waals surface area contributed by atoms with Crippen molar-refractivity contribution in [1.82, 2.24) is 0 Å². The molecule has 0 spiro atoms. The van der Waals surface area contributed by atoms with Gasteiger partial charge in [0, 0.05) is 5.92 Å². The molecule has 3 heteroatoms. The lowest BCUT2D eigenvalue weighted by Gasteiger charge is -2.16. The van der Waals surface area contributed by atoms with Crippen molar-refractivity contribution >= 4 is 0 Å². The third-order valence-electron chi connectivity index (χ3n) is 3.27. The minimum Gasteiger partial charge on any atom is -0.497 e. The van der Waals surface area contributed by atoms with Crippen LogP contribution in [0.2, 0.25) is 0 Å². The predicted molar refractivity (Wildman–Crippen MR) is 74.9 cm³/mol. The average Bonchev–Trinajstić information content (AvgIpc) is 2.46.